The third kappa shape index (κ3) is 59.7. The van der Waals surface area contributed by atoms with Gasteiger partial charge in [0.05, 0.1) is 0 Å². The van der Waals surface area contributed by atoms with E-state index in [9.17, 15) is 14.4 Å². The van der Waals surface area contributed by atoms with Crippen LogP contribution in [0.4, 0.5) is 0 Å². The van der Waals surface area contributed by atoms with Crippen LogP contribution in [-0.4, -0.2) is 37.2 Å². The zero-order valence-electron chi connectivity index (χ0n) is 49.1. The largest absolute Gasteiger partial charge is 0.462 e. The van der Waals surface area contributed by atoms with Crippen molar-refractivity contribution in [3.8, 4) is 0 Å². The van der Waals surface area contributed by atoms with Gasteiger partial charge in [0.2, 0.25) is 0 Å². The summed E-state index contributed by atoms with van der Waals surface area (Å²) in [6, 6.07) is 0. The maximum Gasteiger partial charge on any atom is 0.306 e. The smallest absolute Gasteiger partial charge is 0.306 e. The average Bonchev–Trinajstić information content (AvgIpc) is 3.40. The molecule has 0 aromatic rings. The van der Waals surface area contributed by atoms with Gasteiger partial charge in [-0.15, -0.1) is 0 Å². The number of allylic oxidation sites excluding steroid dienone is 12. The molecule has 0 aromatic carbocycles. The molecule has 0 spiro atoms. The zero-order chi connectivity index (χ0) is 53.6. The second kappa shape index (κ2) is 62.4. The maximum absolute atomic E-state index is 12.8. The Morgan fingerprint density at radius 2 is 0.527 bits per heavy atom. The topological polar surface area (TPSA) is 78.9 Å². The molecule has 0 aromatic heterocycles. The molecular formula is C68H120O6. The molecule has 428 valence electrons. The molecule has 0 fully saturated rings. The Kier molecular flexibility index (Phi) is 59.7. The average molecular weight is 1030 g/mol. The normalized spacial score (nSPS) is 12.5. The Morgan fingerprint density at radius 3 is 0.838 bits per heavy atom. The van der Waals surface area contributed by atoms with E-state index < -0.39 is 6.10 Å². The predicted molar refractivity (Wildman–Crippen MR) is 321 cm³/mol. The maximum atomic E-state index is 12.8. The molecule has 0 aliphatic heterocycles. The van der Waals surface area contributed by atoms with Crippen molar-refractivity contribution in [2.24, 2.45) is 0 Å². The molecule has 0 bridgehead atoms. The highest BCUT2D eigenvalue weighted by Crippen LogP contribution is 2.17. The number of rotatable bonds is 58. The molecule has 0 N–H and O–H groups in total. The number of unbranched alkanes of at least 4 members (excludes halogenated alkanes) is 35. The van der Waals surface area contributed by atoms with Gasteiger partial charge in [0, 0.05) is 19.3 Å². The molecule has 6 heteroatoms. The fraction of sp³-hybridized carbons (Fsp3) is 0.779. The minimum Gasteiger partial charge on any atom is -0.462 e. The molecule has 74 heavy (non-hydrogen) atoms. The van der Waals surface area contributed by atoms with Gasteiger partial charge in [0.15, 0.2) is 6.10 Å². The summed E-state index contributed by atoms with van der Waals surface area (Å²) in [4.78, 5) is 38.1. The van der Waals surface area contributed by atoms with Crippen LogP contribution in [0, 0.1) is 0 Å². The Bertz CT molecular complexity index is 1370. The van der Waals surface area contributed by atoms with Crippen LogP contribution < -0.4 is 0 Å². The fourth-order valence-corrected chi connectivity index (χ4v) is 9.17. The second-order valence-corrected chi connectivity index (χ2v) is 21.3. The fourth-order valence-electron chi connectivity index (χ4n) is 9.17. The SMILES string of the molecule is CC/C=C\C/C=C\C/C=C\C/C=C\C/C=C\CCCCCCCCCCCCCCCCCC(=O)OCC(COC(=O)CCCCCCCCCCC)OC(=O)CCCCCCC/C=C\CCCCCCCCC. The van der Waals surface area contributed by atoms with Gasteiger partial charge in [-0.3, -0.25) is 14.4 Å². The van der Waals surface area contributed by atoms with E-state index in [-0.39, 0.29) is 31.1 Å². The van der Waals surface area contributed by atoms with Gasteiger partial charge in [-0.2, -0.15) is 0 Å². The van der Waals surface area contributed by atoms with Crippen LogP contribution in [0.25, 0.3) is 0 Å². The van der Waals surface area contributed by atoms with Crippen molar-refractivity contribution in [2.45, 2.75) is 329 Å². The highest BCUT2D eigenvalue weighted by atomic mass is 16.6. The van der Waals surface area contributed by atoms with E-state index in [1.807, 2.05) is 0 Å². The lowest BCUT2D eigenvalue weighted by Crippen LogP contribution is -2.30. The first-order valence-electron chi connectivity index (χ1n) is 31.9. The highest BCUT2D eigenvalue weighted by molar-refractivity contribution is 5.71. The van der Waals surface area contributed by atoms with Crippen molar-refractivity contribution in [1.29, 1.82) is 0 Å². The molecule has 1 atom stereocenters. The quantitative estimate of drug-likeness (QED) is 0.0261. The first-order chi connectivity index (χ1) is 36.5. The molecular weight excluding hydrogens is 913 g/mol. The van der Waals surface area contributed by atoms with E-state index >= 15 is 0 Å². The summed E-state index contributed by atoms with van der Waals surface area (Å²) in [5.41, 5.74) is 0. The van der Waals surface area contributed by atoms with Crippen molar-refractivity contribution < 1.29 is 28.6 Å². The third-order valence-electron chi connectivity index (χ3n) is 13.9. The Labute approximate surface area is 459 Å². The summed E-state index contributed by atoms with van der Waals surface area (Å²) in [5, 5.41) is 0. The van der Waals surface area contributed by atoms with Crippen LogP contribution in [-0.2, 0) is 28.6 Å². The lowest BCUT2D eigenvalue weighted by Gasteiger charge is -2.18. The minimum atomic E-state index is -0.775. The van der Waals surface area contributed by atoms with Crippen LogP contribution in [0.2, 0.25) is 0 Å². The second-order valence-electron chi connectivity index (χ2n) is 21.3. The van der Waals surface area contributed by atoms with Gasteiger partial charge in [0.1, 0.15) is 13.2 Å². The summed E-state index contributed by atoms with van der Waals surface area (Å²) in [7, 11) is 0. The Balaban J connectivity index is 4.11. The van der Waals surface area contributed by atoms with E-state index in [4.69, 9.17) is 14.2 Å². The van der Waals surface area contributed by atoms with Gasteiger partial charge in [-0.1, -0.05) is 286 Å². The Hall–Kier alpha value is -3.15. The predicted octanol–water partition coefficient (Wildman–Crippen LogP) is 21.7. The monoisotopic (exact) mass is 1030 g/mol. The number of hydrogen-bond donors (Lipinski definition) is 0. The van der Waals surface area contributed by atoms with Crippen molar-refractivity contribution in [1.82, 2.24) is 0 Å². The van der Waals surface area contributed by atoms with E-state index in [0.29, 0.717) is 19.3 Å². The minimum absolute atomic E-state index is 0.0742. The van der Waals surface area contributed by atoms with Crippen molar-refractivity contribution in [3.05, 3.63) is 72.9 Å². The molecule has 0 saturated carbocycles. The summed E-state index contributed by atoms with van der Waals surface area (Å²) < 4.78 is 16.9. The molecule has 0 saturated heterocycles. The van der Waals surface area contributed by atoms with Crippen molar-refractivity contribution in [3.63, 3.8) is 0 Å². The van der Waals surface area contributed by atoms with Crippen LogP contribution in [0.1, 0.15) is 323 Å². The molecule has 0 aliphatic rings. The summed E-state index contributed by atoms with van der Waals surface area (Å²) in [6.07, 6.45) is 80.7. The van der Waals surface area contributed by atoms with Crippen molar-refractivity contribution in [2.75, 3.05) is 13.2 Å². The van der Waals surface area contributed by atoms with Crippen molar-refractivity contribution >= 4 is 17.9 Å². The molecule has 0 aliphatic carbocycles. The van der Waals surface area contributed by atoms with Crippen LogP contribution in [0.5, 0.6) is 0 Å². The highest BCUT2D eigenvalue weighted by Gasteiger charge is 2.19. The van der Waals surface area contributed by atoms with E-state index in [1.54, 1.807) is 0 Å². The van der Waals surface area contributed by atoms with Gasteiger partial charge in [-0.25, -0.2) is 0 Å². The first-order valence-corrected chi connectivity index (χ1v) is 31.9. The molecule has 6 nitrogen and oxygen atoms in total. The number of carbonyl (C=O) groups excluding carboxylic acids is 3. The van der Waals surface area contributed by atoms with E-state index in [2.05, 4.69) is 93.7 Å². The standard InChI is InChI=1S/C68H120O6/c1-4-7-10-13-16-19-21-23-25-27-28-29-30-31-32-33-34-35-36-37-38-39-40-41-43-44-46-49-52-55-58-61-67(70)73-64-65(63-72-66(69)60-57-54-51-48-18-15-12-9-6-3)74-68(71)62-59-56-53-50-47-45-42-26-24-22-20-17-14-11-8-5-2/h7,10,16,19,23,25-26,28-29,31-32,42,65H,4-6,8-9,11-15,17-18,20-22,24,27,30,33-41,43-64H2,1-3H3/b10-7-,19-16-,25-23-,29-28-,32-31-,42-26-. The van der Waals surface area contributed by atoms with Crippen LogP contribution in [0.3, 0.4) is 0 Å². The Morgan fingerprint density at radius 1 is 0.284 bits per heavy atom. The first kappa shape index (κ1) is 70.8. The molecule has 0 radical (unpaired) electrons. The number of carbonyl (C=O) groups is 3. The number of hydrogen-bond acceptors (Lipinski definition) is 6. The number of esters is 3. The third-order valence-corrected chi connectivity index (χ3v) is 13.9. The molecule has 0 amide bonds. The zero-order valence-corrected chi connectivity index (χ0v) is 49.1. The van der Waals surface area contributed by atoms with Crippen LogP contribution in [0.15, 0.2) is 72.9 Å². The van der Waals surface area contributed by atoms with Gasteiger partial charge >= 0.3 is 17.9 Å². The molecule has 0 heterocycles. The lowest BCUT2D eigenvalue weighted by atomic mass is 10.0. The van der Waals surface area contributed by atoms with E-state index in [1.165, 1.54) is 186 Å². The summed E-state index contributed by atoms with van der Waals surface area (Å²) in [6.45, 7) is 6.53. The number of ether oxygens (including phenoxy) is 3. The summed E-state index contributed by atoms with van der Waals surface area (Å²) >= 11 is 0. The molecule has 1 unspecified atom stereocenters. The van der Waals surface area contributed by atoms with Gasteiger partial charge in [0.25, 0.3) is 0 Å². The lowest BCUT2D eigenvalue weighted by molar-refractivity contribution is -0.167. The summed E-state index contributed by atoms with van der Waals surface area (Å²) in [5.74, 6) is -0.871. The van der Waals surface area contributed by atoms with Gasteiger partial charge < -0.3 is 14.2 Å². The van der Waals surface area contributed by atoms with Gasteiger partial charge in [-0.05, 0) is 89.9 Å². The van der Waals surface area contributed by atoms with E-state index in [0.717, 1.165) is 96.3 Å². The molecule has 0 rings (SSSR count). The van der Waals surface area contributed by atoms with Crippen LogP contribution >= 0.6 is 0 Å².